The highest BCUT2D eigenvalue weighted by Crippen LogP contribution is 2.79. The van der Waals surface area contributed by atoms with Crippen LogP contribution in [0.25, 0.3) is 0 Å². The van der Waals surface area contributed by atoms with Crippen molar-refractivity contribution in [2.45, 2.75) is 27.7 Å². The molecule has 1 heterocycles. The molecule has 8 heteroatoms. The Bertz CT molecular complexity index is 393. The molecule has 2 N–H and O–H groups in total. The van der Waals surface area contributed by atoms with E-state index in [1.165, 1.54) is 12.5 Å². The van der Waals surface area contributed by atoms with Crippen LogP contribution in [0.4, 0.5) is 0 Å². The van der Waals surface area contributed by atoms with E-state index < -0.39 is 15.8 Å². The highest BCUT2D eigenvalue weighted by atomic mass is 31.3. The van der Waals surface area contributed by atoms with Crippen LogP contribution in [-0.2, 0) is 18.2 Å². The number of benzene rings is 1. The Morgan fingerprint density at radius 2 is 1.74 bits per heavy atom. The van der Waals surface area contributed by atoms with Gasteiger partial charge in [0.25, 0.3) is 0 Å². The molecule has 0 saturated carbocycles. The maximum Gasteiger partial charge on any atom is 0.650 e. The van der Waals surface area contributed by atoms with Gasteiger partial charge in [-0.1, -0.05) is 61.0 Å². The van der Waals surface area contributed by atoms with Gasteiger partial charge >= 0.3 is 15.8 Å². The number of aryl methyl sites for hydroxylation is 1. The van der Waals surface area contributed by atoms with Crippen molar-refractivity contribution < 1.29 is 28.0 Å². The first-order valence-corrected chi connectivity index (χ1v) is 9.17. The normalized spacial score (nSPS) is 18.0. The van der Waals surface area contributed by atoms with Gasteiger partial charge in [-0.15, -0.1) is 0 Å². The summed E-state index contributed by atoms with van der Waals surface area (Å²) in [6.45, 7) is 7.54. The zero-order valence-corrected chi connectivity index (χ0v) is 13.3. The van der Waals surface area contributed by atoms with Crippen molar-refractivity contribution in [3.05, 3.63) is 35.9 Å². The summed E-state index contributed by atoms with van der Waals surface area (Å²) in [5.74, 6) is 0. The Labute approximate surface area is 114 Å². The Kier molecular flexibility index (Phi) is 8.62. The molecule has 0 aliphatic carbocycles. The van der Waals surface area contributed by atoms with Crippen molar-refractivity contribution in [2.24, 2.45) is 0 Å². The molecule has 1 fully saturated rings. The van der Waals surface area contributed by atoms with Gasteiger partial charge in [-0.05, 0) is 6.92 Å². The summed E-state index contributed by atoms with van der Waals surface area (Å²) in [6.07, 6.45) is -0.0813. The van der Waals surface area contributed by atoms with Crippen molar-refractivity contribution in [1.29, 1.82) is 0 Å². The SMILES string of the molecule is CC.CCP(=O)(O)O[P+]1(O)OO1.Cc1ccccc1. The Morgan fingerprint density at radius 1 is 1.26 bits per heavy atom. The third-order valence-corrected chi connectivity index (χ3v) is 4.82. The highest BCUT2D eigenvalue weighted by molar-refractivity contribution is 7.69. The van der Waals surface area contributed by atoms with Crippen molar-refractivity contribution in [1.82, 2.24) is 0 Å². The van der Waals surface area contributed by atoms with E-state index in [9.17, 15) is 4.57 Å². The molecule has 0 amide bonds. The largest absolute Gasteiger partial charge is 0.650 e. The van der Waals surface area contributed by atoms with Crippen LogP contribution in [0.5, 0.6) is 0 Å². The Morgan fingerprint density at radius 3 is 2.00 bits per heavy atom. The van der Waals surface area contributed by atoms with Crippen molar-refractivity contribution >= 4 is 15.8 Å². The predicted molar refractivity (Wildman–Crippen MR) is 75.3 cm³/mol. The van der Waals surface area contributed by atoms with Gasteiger partial charge in [-0.25, -0.2) is 0 Å². The summed E-state index contributed by atoms with van der Waals surface area (Å²) in [5, 5.41) is 0. The molecular weight excluding hydrogens is 290 g/mol. The van der Waals surface area contributed by atoms with Crippen LogP contribution in [0.15, 0.2) is 30.3 Å². The second kappa shape index (κ2) is 8.77. The lowest BCUT2D eigenvalue weighted by Crippen LogP contribution is -1.86. The lowest BCUT2D eigenvalue weighted by molar-refractivity contribution is 0.0850. The van der Waals surface area contributed by atoms with E-state index in [0.29, 0.717) is 0 Å². The third kappa shape index (κ3) is 9.25. The van der Waals surface area contributed by atoms with Gasteiger partial charge in [0, 0.05) is 0 Å². The zero-order valence-electron chi connectivity index (χ0n) is 11.5. The molecule has 19 heavy (non-hydrogen) atoms. The molecule has 0 spiro atoms. The third-order valence-electron chi connectivity index (χ3n) is 1.77. The topological polar surface area (TPSA) is 91.8 Å². The number of rotatable bonds is 3. The molecule has 1 atom stereocenters. The van der Waals surface area contributed by atoms with Crippen molar-refractivity contribution in [3.8, 4) is 0 Å². The second-order valence-electron chi connectivity index (χ2n) is 3.31. The van der Waals surface area contributed by atoms with E-state index in [1.54, 1.807) is 0 Å². The van der Waals surface area contributed by atoms with E-state index in [4.69, 9.17) is 9.79 Å². The minimum atomic E-state index is -3.68. The van der Waals surface area contributed by atoms with Crippen LogP contribution in [0.3, 0.4) is 0 Å². The Balaban J connectivity index is 0.000000316. The first-order valence-electron chi connectivity index (χ1n) is 5.91. The molecule has 1 saturated heterocycles. The minimum absolute atomic E-state index is 0.0813. The van der Waals surface area contributed by atoms with E-state index >= 15 is 0 Å². The fourth-order valence-corrected chi connectivity index (χ4v) is 3.01. The quantitative estimate of drug-likeness (QED) is 0.500. The highest BCUT2D eigenvalue weighted by Gasteiger charge is 2.71. The average Bonchev–Trinajstić information content (AvgIpc) is 3.10. The molecule has 0 aromatic heterocycles. The van der Waals surface area contributed by atoms with Gasteiger partial charge in [0.2, 0.25) is 0 Å². The average molecular weight is 311 g/mol. The van der Waals surface area contributed by atoms with Gasteiger partial charge in [0.15, 0.2) is 0 Å². The molecule has 1 unspecified atom stereocenters. The smallest absolute Gasteiger partial charge is 0.322 e. The van der Waals surface area contributed by atoms with Gasteiger partial charge < -0.3 is 4.89 Å². The molecule has 0 bridgehead atoms. The van der Waals surface area contributed by atoms with Crippen LogP contribution >= 0.6 is 15.8 Å². The number of hydrogen-bond acceptors (Lipinski definition) is 5. The molecule has 1 aliphatic heterocycles. The second-order valence-corrected chi connectivity index (χ2v) is 7.10. The zero-order chi connectivity index (χ0) is 14.9. The van der Waals surface area contributed by atoms with Gasteiger partial charge in [-0.2, -0.15) is 4.89 Å². The lowest BCUT2D eigenvalue weighted by Gasteiger charge is -1.99. The maximum atomic E-state index is 10.7. The van der Waals surface area contributed by atoms with Crippen LogP contribution < -0.4 is 0 Å². The summed E-state index contributed by atoms with van der Waals surface area (Å²) in [4.78, 5) is 17.4. The van der Waals surface area contributed by atoms with Gasteiger partial charge in [0.1, 0.15) is 0 Å². The first-order chi connectivity index (χ1) is 8.87. The summed E-state index contributed by atoms with van der Waals surface area (Å²) in [5.41, 5.74) is 1.32. The standard InChI is InChI=1S/C7H8.C2H6O6P2.C2H6/c1-7-5-3-2-4-6-7;1-2-9(3,4)8-10(5)6-7-10;1-2/h2-6H,1H3;5H,2H2,1H3;1-2H3/p+1. The molecule has 1 aliphatic rings. The number of hydrogen-bond donors (Lipinski definition) is 2. The Hall–Kier alpha value is -0.320. The summed E-state index contributed by atoms with van der Waals surface area (Å²) in [6, 6.07) is 10.3. The monoisotopic (exact) mass is 311 g/mol. The molecule has 1 aromatic carbocycles. The molecular formula is C11H21O6P2+. The molecule has 0 radical (unpaired) electrons. The van der Waals surface area contributed by atoms with E-state index in [1.807, 2.05) is 32.0 Å². The molecule has 6 nitrogen and oxygen atoms in total. The van der Waals surface area contributed by atoms with E-state index in [0.717, 1.165) is 0 Å². The lowest BCUT2D eigenvalue weighted by atomic mass is 10.2. The fourth-order valence-electron chi connectivity index (χ4n) is 0.809. The van der Waals surface area contributed by atoms with E-state index in [-0.39, 0.29) is 6.16 Å². The summed E-state index contributed by atoms with van der Waals surface area (Å²) in [7, 11) is -7.00. The fraction of sp³-hybridized carbons (Fsp3) is 0.455. The molecule has 110 valence electrons. The first kappa shape index (κ1) is 18.7. The van der Waals surface area contributed by atoms with Crippen molar-refractivity contribution in [3.63, 3.8) is 0 Å². The maximum absolute atomic E-state index is 10.7. The van der Waals surface area contributed by atoms with E-state index in [2.05, 4.69) is 32.7 Å². The van der Waals surface area contributed by atoms with Crippen LogP contribution in [0, 0.1) is 6.92 Å². The minimum Gasteiger partial charge on any atom is -0.322 e. The predicted octanol–water partition coefficient (Wildman–Crippen LogP) is 3.86. The summed E-state index contributed by atoms with van der Waals surface area (Å²) >= 11 is 0. The summed E-state index contributed by atoms with van der Waals surface area (Å²) < 4.78 is 22.8. The van der Waals surface area contributed by atoms with Gasteiger partial charge in [-0.3, -0.25) is 4.57 Å². The molecule has 2 rings (SSSR count). The van der Waals surface area contributed by atoms with Crippen LogP contribution in [0.2, 0.25) is 0 Å². The van der Waals surface area contributed by atoms with Crippen LogP contribution in [0.1, 0.15) is 26.3 Å². The van der Waals surface area contributed by atoms with Gasteiger partial charge in [0.05, 0.1) is 15.5 Å². The van der Waals surface area contributed by atoms with Crippen LogP contribution in [-0.4, -0.2) is 15.9 Å². The van der Waals surface area contributed by atoms with Crippen molar-refractivity contribution in [2.75, 3.05) is 6.16 Å². The molecule has 1 aromatic rings.